The first-order chi connectivity index (χ1) is 16.3. The molecule has 160 valence electrons. The van der Waals surface area contributed by atoms with Crippen LogP contribution in [0.2, 0.25) is 0 Å². The zero-order chi connectivity index (χ0) is 22.5. The smallest absolute Gasteiger partial charge is 0.0936 e. The van der Waals surface area contributed by atoms with E-state index < -0.39 is 0 Å². The van der Waals surface area contributed by atoms with E-state index in [1.54, 1.807) is 0 Å². The third-order valence-corrected chi connectivity index (χ3v) is 5.44. The van der Waals surface area contributed by atoms with E-state index in [4.69, 9.17) is 0 Å². The summed E-state index contributed by atoms with van der Waals surface area (Å²) < 4.78 is 0. The lowest BCUT2D eigenvalue weighted by atomic mass is 10.1. The predicted molar refractivity (Wildman–Crippen MR) is 137 cm³/mol. The average molecular weight is 430 g/mol. The Kier molecular flexibility index (Phi) is 5.85. The minimum atomic E-state index is 0.795. The van der Waals surface area contributed by atoms with Crippen molar-refractivity contribution in [1.82, 2.24) is 0 Å². The number of hydrogen-bond donors (Lipinski definition) is 1. The van der Waals surface area contributed by atoms with Crippen LogP contribution in [-0.2, 0) is 0 Å². The summed E-state index contributed by atoms with van der Waals surface area (Å²) in [6.07, 6.45) is 0. The van der Waals surface area contributed by atoms with E-state index >= 15 is 0 Å². The van der Waals surface area contributed by atoms with E-state index in [2.05, 4.69) is 50.9 Å². The normalized spacial score (nSPS) is 11.7. The van der Waals surface area contributed by atoms with E-state index in [0.29, 0.717) is 0 Å². The molecule has 0 unspecified atom stereocenters. The van der Waals surface area contributed by atoms with Crippen molar-refractivity contribution in [3.05, 3.63) is 103 Å². The molecule has 0 aliphatic heterocycles. The maximum Gasteiger partial charge on any atom is 0.0936 e. The van der Waals surface area contributed by atoms with Gasteiger partial charge in [-0.15, -0.1) is 15.3 Å². The highest BCUT2D eigenvalue weighted by Crippen LogP contribution is 2.37. The number of anilines is 1. The van der Waals surface area contributed by atoms with Crippen LogP contribution in [0.5, 0.6) is 0 Å². The molecule has 0 radical (unpaired) electrons. The van der Waals surface area contributed by atoms with E-state index in [0.717, 1.165) is 56.5 Å². The maximum atomic E-state index is 4.62. The summed E-state index contributed by atoms with van der Waals surface area (Å²) in [5, 5.41) is 25.7. The fourth-order valence-corrected chi connectivity index (χ4v) is 3.87. The van der Waals surface area contributed by atoms with Gasteiger partial charge >= 0.3 is 0 Å². The van der Waals surface area contributed by atoms with Crippen LogP contribution in [0.1, 0.15) is 6.92 Å². The highest BCUT2D eigenvalue weighted by molar-refractivity contribution is 6.01. The Morgan fingerprint density at radius 1 is 0.485 bits per heavy atom. The quantitative estimate of drug-likeness (QED) is 0.269. The molecule has 5 rings (SSSR count). The van der Waals surface area contributed by atoms with Gasteiger partial charge in [-0.25, -0.2) is 0 Å². The molecule has 5 aromatic carbocycles. The lowest BCUT2D eigenvalue weighted by Crippen LogP contribution is -1.96. The van der Waals surface area contributed by atoms with Crippen molar-refractivity contribution in [3.8, 4) is 0 Å². The van der Waals surface area contributed by atoms with E-state index in [9.17, 15) is 0 Å². The van der Waals surface area contributed by atoms with Crippen molar-refractivity contribution in [1.29, 1.82) is 0 Å². The molecule has 0 amide bonds. The number of fused-ring (bicyclic) bond motifs is 2. The molecule has 0 spiro atoms. The monoisotopic (exact) mass is 429 g/mol. The molecule has 0 aliphatic carbocycles. The van der Waals surface area contributed by atoms with Gasteiger partial charge in [0.25, 0.3) is 0 Å². The van der Waals surface area contributed by atoms with Gasteiger partial charge in [0.1, 0.15) is 0 Å². The van der Waals surface area contributed by atoms with Crippen LogP contribution in [0, 0.1) is 0 Å². The third-order valence-electron chi connectivity index (χ3n) is 5.44. The summed E-state index contributed by atoms with van der Waals surface area (Å²) >= 11 is 0. The first-order valence-electron chi connectivity index (χ1n) is 11.0. The van der Waals surface area contributed by atoms with Crippen molar-refractivity contribution in [2.24, 2.45) is 20.5 Å². The minimum Gasteiger partial charge on any atom is -0.385 e. The Balaban J connectivity index is 1.53. The molecule has 33 heavy (non-hydrogen) atoms. The van der Waals surface area contributed by atoms with Crippen molar-refractivity contribution < 1.29 is 0 Å². The van der Waals surface area contributed by atoms with E-state index in [-0.39, 0.29) is 0 Å². The number of nitrogens with one attached hydrogen (secondary N) is 1. The van der Waals surface area contributed by atoms with Crippen molar-refractivity contribution in [2.45, 2.75) is 6.92 Å². The van der Waals surface area contributed by atoms with Gasteiger partial charge in [-0.2, -0.15) is 5.11 Å². The van der Waals surface area contributed by atoms with Gasteiger partial charge in [-0.1, -0.05) is 66.7 Å². The van der Waals surface area contributed by atoms with Crippen LogP contribution in [0.4, 0.5) is 28.4 Å². The Morgan fingerprint density at radius 3 is 1.52 bits per heavy atom. The van der Waals surface area contributed by atoms with Crippen LogP contribution >= 0.6 is 0 Å². The van der Waals surface area contributed by atoms with Gasteiger partial charge in [-0.05, 0) is 43.3 Å². The lowest BCUT2D eigenvalue weighted by molar-refractivity contribution is 1.21. The second-order valence-electron chi connectivity index (χ2n) is 7.59. The molecule has 0 aromatic heterocycles. The Hall–Kier alpha value is -4.38. The third kappa shape index (κ3) is 4.34. The van der Waals surface area contributed by atoms with Gasteiger partial charge in [0.2, 0.25) is 0 Å². The topological polar surface area (TPSA) is 61.5 Å². The molecule has 5 heteroatoms. The van der Waals surface area contributed by atoms with Gasteiger partial charge < -0.3 is 5.32 Å². The predicted octanol–water partition coefficient (Wildman–Crippen LogP) is 9.26. The van der Waals surface area contributed by atoms with Gasteiger partial charge in [-0.3, -0.25) is 0 Å². The molecule has 0 fully saturated rings. The molecule has 0 aliphatic rings. The van der Waals surface area contributed by atoms with Crippen molar-refractivity contribution >= 4 is 50.0 Å². The summed E-state index contributed by atoms with van der Waals surface area (Å²) in [7, 11) is 0. The van der Waals surface area contributed by atoms with Crippen LogP contribution in [0.25, 0.3) is 21.5 Å². The number of rotatable bonds is 6. The zero-order valence-electron chi connectivity index (χ0n) is 18.3. The number of benzene rings is 5. The molecule has 0 saturated carbocycles. The molecular weight excluding hydrogens is 406 g/mol. The van der Waals surface area contributed by atoms with Crippen LogP contribution in [0.15, 0.2) is 124 Å². The first-order valence-corrected chi connectivity index (χ1v) is 11.0. The summed E-state index contributed by atoms with van der Waals surface area (Å²) in [5.74, 6) is 0. The maximum absolute atomic E-state index is 4.62. The van der Waals surface area contributed by atoms with Gasteiger partial charge in [0.05, 0.1) is 22.7 Å². The minimum absolute atomic E-state index is 0.795. The van der Waals surface area contributed by atoms with Crippen LogP contribution in [-0.4, -0.2) is 6.54 Å². The largest absolute Gasteiger partial charge is 0.385 e. The van der Waals surface area contributed by atoms with Crippen LogP contribution < -0.4 is 5.32 Å². The lowest BCUT2D eigenvalue weighted by Gasteiger charge is -2.09. The summed E-state index contributed by atoms with van der Waals surface area (Å²) in [6.45, 7) is 2.96. The number of nitrogens with zero attached hydrogens (tertiary/aromatic N) is 4. The van der Waals surface area contributed by atoms with Crippen LogP contribution in [0.3, 0.4) is 0 Å². The molecule has 0 atom stereocenters. The highest BCUT2D eigenvalue weighted by atomic mass is 15.1. The van der Waals surface area contributed by atoms with Gasteiger partial charge in [0, 0.05) is 33.8 Å². The first kappa shape index (κ1) is 20.5. The molecule has 5 aromatic rings. The second-order valence-corrected chi connectivity index (χ2v) is 7.59. The number of hydrogen-bond acceptors (Lipinski definition) is 5. The highest BCUT2D eigenvalue weighted by Gasteiger charge is 2.07. The zero-order valence-corrected chi connectivity index (χ0v) is 18.3. The fourth-order valence-electron chi connectivity index (χ4n) is 3.87. The SMILES string of the molecule is CCNc1ccc(/N=N/c2ccc(/N=N/c3ccccc3)c3ccccc23)c2ccccc12. The molecule has 1 N–H and O–H groups in total. The number of azo groups is 2. The molecule has 0 bridgehead atoms. The van der Waals surface area contributed by atoms with E-state index in [1.807, 2.05) is 84.9 Å². The molecular formula is C28H23N5. The Bertz CT molecular complexity index is 1470. The van der Waals surface area contributed by atoms with Crippen molar-refractivity contribution in [2.75, 3.05) is 11.9 Å². The summed E-state index contributed by atoms with van der Waals surface area (Å²) in [4.78, 5) is 0. The average Bonchev–Trinajstić information content (AvgIpc) is 2.88. The standard InChI is InChI=1S/C28H23N5/c1-2-29-25-16-17-27(22-13-7-6-12-21(22)25)32-33-28-19-18-26(23-14-8-9-15-24(23)28)31-30-20-10-4-3-5-11-20/h3-19,29H,2H2,1H3/b31-30+,33-32+. The fraction of sp³-hybridized carbons (Fsp3) is 0.0714. The Labute approximate surface area is 192 Å². The Morgan fingerprint density at radius 2 is 0.939 bits per heavy atom. The molecule has 0 heterocycles. The molecule has 5 nitrogen and oxygen atoms in total. The van der Waals surface area contributed by atoms with E-state index in [1.165, 1.54) is 0 Å². The second kappa shape index (κ2) is 9.40. The summed E-state index contributed by atoms with van der Waals surface area (Å²) in [6, 6.07) is 34.0. The van der Waals surface area contributed by atoms with Gasteiger partial charge in [0.15, 0.2) is 0 Å². The molecule has 0 saturated heterocycles. The van der Waals surface area contributed by atoms with Crippen molar-refractivity contribution in [3.63, 3.8) is 0 Å². The summed E-state index contributed by atoms with van der Waals surface area (Å²) in [5.41, 5.74) is 4.35.